The Morgan fingerprint density at radius 2 is 2.40 bits per heavy atom. The van der Waals surface area contributed by atoms with E-state index in [9.17, 15) is 4.79 Å². The summed E-state index contributed by atoms with van der Waals surface area (Å²) in [5.74, 6) is -0.801. The zero-order valence-corrected chi connectivity index (χ0v) is 9.59. The summed E-state index contributed by atoms with van der Waals surface area (Å²) >= 11 is 1.70. The second-order valence-electron chi connectivity index (χ2n) is 3.36. The van der Waals surface area contributed by atoms with Crippen LogP contribution in [0.2, 0.25) is 0 Å². The van der Waals surface area contributed by atoms with Crippen molar-refractivity contribution in [1.29, 1.82) is 0 Å². The molecular weight excluding hydrogens is 210 g/mol. The van der Waals surface area contributed by atoms with Gasteiger partial charge < -0.3 is 5.11 Å². The number of thiophene rings is 1. The Bertz CT molecular complexity index is 346. The molecule has 0 fully saturated rings. The minimum atomic E-state index is -0.801. The van der Waals surface area contributed by atoms with E-state index in [1.165, 1.54) is 9.75 Å². The van der Waals surface area contributed by atoms with Gasteiger partial charge in [0.2, 0.25) is 0 Å². The van der Waals surface area contributed by atoms with Crippen molar-refractivity contribution in [1.82, 2.24) is 4.90 Å². The van der Waals surface area contributed by atoms with Gasteiger partial charge in [-0.25, -0.2) is 0 Å². The Hall–Kier alpha value is -1.13. The van der Waals surface area contributed by atoms with E-state index in [4.69, 9.17) is 5.11 Å². The Morgan fingerprint density at radius 3 is 2.87 bits per heavy atom. The number of nitrogens with zero attached hydrogens (tertiary/aromatic N) is 1. The van der Waals surface area contributed by atoms with Gasteiger partial charge in [-0.2, -0.15) is 0 Å². The quantitative estimate of drug-likeness (QED) is 0.754. The van der Waals surface area contributed by atoms with Crippen LogP contribution in [0, 0.1) is 6.92 Å². The highest BCUT2D eigenvalue weighted by Crippen LogP contribution is 2.16. The summed E-state index contributed by atoms with van der Waals surface area (Å²) < 4.78 is 0. The number of carboxylic acids is 1. The number of hydrogen-bond acceptors (Lipinski definition) is 3. The predicted molar refractivity (Wildman–Crippen MR) is 62.2 cm³/mol. The number of aliphatic carboxylic acids is 1. The van der Waals surface area contributed by atoms with Crippen molar-refractivity contribution in [2.75, 3.05) is 13.1 Å². The van der Waals surface area contributed by atoms with E-state index in [0.717, 1.165) is 0 Å². The number of rotatable bonds is 6. The third-order valence-electron chi connectivity index (χ3n) is 1.92. The molecule has 0 unspecified atom stereocenters. The molecular formula is C11H15NO2S. The third kappa shape index (κ3) is 4.27. The van der Waals surface area contributed by atoms with Crippen LogP contribution in [-0.2, 0) is 11.3 Å². The van der Waals surface area contributed by atoms with Crippen LogP contribution >= 0.6 is 11.3 Å². The molecule has 1 N–H and O–H groups in total. The zero-order chi connectivity index (χ0) is 11.3. The second kappa shape index (κ2) is 5.68. The maximum atomic E-state index is 10.6. The maximum absolute atomic E-state index is 10.6. The molecule has 0 bridgehead atoms. The summed E-state index contributed by atoms with van der Waals surface area (Å²) in [5, 5.41) is 8.72. The molecule has 4 heteroatoms. The highest BCUT2D eigenvalue weighted by atomic mass is 32.1. The van der Waals surface area contributed by atoms with Crippen molar-refractivity contribution in [3.8, 4) is 0 Å². The lowest BCUT2D eigenvalue weighted by molar-refractivity contribution is -0.138. The molecule has 0 aliphatic rings. The van der Waals surface area contributed by atoms with Crippen molar-refractivity contribution in [3.05, 3.63) is 34.5 Å². The molecule has 0 amide bonds. The molecule has 0 aromatic carbocycles. The molecule has 0 spiro atoms. The minimum Gasteiger partial charge on any atom is -0.480 e. The lowest BCUT2D eigenvalue weighted by Crippen LogP contribution is -2.29. The van der Waals surface area contributed by atoms with Gasteiger partial charge in [-0.3, -0.25) is 9.69 Å². The first-order valence-electron chi connectivity index (χ1n) is 4.72. The number of hydrogen-bond donors (Lipinski definition) is 1. The lowest BCUT2D eigenvalue weighted by Gasteiger charge is -2.16. The summed E-state index contributed by atoms with van der Waals surface area (Å²) in [6, 6.07) is 4.09. The summed E-state index contributed by atoms with van der Waals surface area (Å²) in [5.41, 5.74) is 0. The number of carboxylic acid groups (broad SMARTS) is 1. The summed E-state index contributed by atoms with van der Waals surface area (Å²) in [4.78, 5) is 14.9. The molecule has 0 aliphatic heterocycles. The van der Waals surface area contributed by atoms with Crippen LogP contribution in [0.25, 0.3) is 0 Å². The van der Waals surface area contributed by atoms with Crippen molar-refractivity contribution in [2.24, 2.45) is 0 Å². The summed E-state index contributed by atoms with van der Waals surface area (Å²) in [7, 11) is 0. The predicted octanol–water partition coefficient (Wildman–Crippen LogP) is 2.13. The van der Waals surface area contributed by atoms with Crippen LogP contribution in [0.1, 0.15) is 9.75 Å². The Balaban J connectivity index is 2.57. The molecule has 0 atom stereocenters. The standard InChI is InChI=1S/C11H15NO2S/c1-3-6-12(8-11(13)14)7-10-5-4-9(2)15-10/h3-5H,1,6-8H2,2H3,(H,13,14). The van der Waals surface area contributed by atoms with Gasteiger partial charge in [-0.05, 0) is 19.1 Å². The first-order chi connectivity index (χ1) is 7.11. The van der Waals surface area contributed by atoms with E-state index < -0.39 is 5.97 Å². The maximum Gasteiger partial charge on any atom is 0.317 e. The first kappa shape index (κ1) is 11.9. The Labute approximate surface area is 93.7 Å². The molecule has 15 heavy (non-hydrogen) atoms. The molecule has 0 saturated heterocycles. The van der Waals surface area contributed by atoms with E-state index in [0.29, 0.717) is 13.1 Å². The van der Waals surface area contributed by atoms with Crippen molar-refractivity contribution in [3.63, 3.8) is 0 Å². The van der Waals surface area contributed by atoms with Gasteiger partial charge >= 0.3 is 5.97 Å². The molecule has 1 rings (SSSR count). The SMILES string of the molecule is C=CCN(CC(=O)O)Cc1ccc(C)s1. The van der Waals surface area contributed by atoms with E-state index in [2.05, 4.69) is 6.58 Å². The van der Waals surface area contributed by atoms with E-state index >= 15 is 0 Å². The van der Waals surface area contributed by atoms with Crippen LogP contribution in [-0.4, -0.2) is 29.1 Å². The summed E-state index contributed by atoms with van der Waals surface area (Å²) in [6.07, 6.45) is 1.73. The summed E-state index contributed by atoms with van der Waals surface area (Å²) in [6.45, 7) is 7.00. The molecule has 82 valence electrons. The molecule has 1 aromatic rings. The fourth-order valence-electron chi connectivity index (χ4n) is 1.35. The van der Waals surface area contributed by atoms with Crippen molar-refractivity contribution in [2.45, 2.75) is 13.5 Å². The van der Waals surface area contributed by atoms with E-state index in [-0.39, 0.29) is 6.54 Å². The molecule has 0 radical (unpaired) electrons. The largest absolute Gasteiger partial charge is 0.480 e. The van der Waals surface area contributed by atoms with Crippen LogP contribution in [0.4, 0.5) is 0 Å². The average molecular weight is 225 g/mol. The first-order valence-corrected chi connectivity index (χ1v) is 5.54. The van der Waals surface area contributed by atoms with Gasteiger partial charge in [0.25, 0.3) is 0 Å². The van der Waals surface area contributed by atoms with Crippen LogP contribution in [0.15, 0.2) is 24.8 Å². The van der Waals surface area contributed by atoms with E-state index in [1.54, 1.807) is 17.4 Å². The van der Waals surface area contributed by atoms with Crippen LogP contribution in [0.5, 0.6) is 0 Å². The van der Waals surface area contributed by atoms with Crippen molar-refractivity contribution < 1.29 is 9.90 Å². The average Bonchev–Trinajstić information content (AvgIpc) is 2.50. The minimum absolute atomic E-state index is 0.0585. The molecule has 0 aliphatic carbocycles. The van der Waals surface area contributed by atoms with Gasteiger partial charge in [-0.15, -0.1) is 17.9 Å². The number of carbonyl (C=O) groups is 1. The molecule has 1 aromatic heterocycles. The third-order valence-corrected chi connectivity index (χ3v) is 2.91. The molecule has 1 heterocycles. The van der Waals surface area contributed by atoms with Gasteiger partial charge in [-0.1, -0.05) is 6.08 Å². The van der Waals surface area contributed by atoms with Gasteiger partial charge in [0, 0.05) is 22.8 Å². The topological polar surface area (TPSA) is 40.5 Å². The molecule has 3 nitrogen and oxygen atoms in total. The van der Waals surface area contributed by atoms with Gasteiger partial charge in [0.1, 0.15) is 0 Å². The fourth-order valence-corrected chi connectivity index (χ4v) is 2.28. The smallest absolute Gasteiger partial charge is 0.317 e. The van der Waals surface area contributed by atoms with Crippen molar-refractivity contribution >= 4 is 17.3 Å². The molecule has 0 saturated carbocycles. The normalized spacial score (nSPS) is 10.5. The zero-order valence-electron chi connectivity index (χ0n) is 8.77. The van der Waals surface area contributed by atoms with Gasteiger partial charge in [0.05, 0.1) is 6.54 Å². The number of aryl methyl sites for hydroxylation is 1. The highest BCUT2D eigenvalue weighted by molar-refractivity contribution is 7.11. The monoisotopic (exact) mass is 225 g/mol. The fraction of sp³-hybridized carbons (Fsp3) is 0.364. The van der Waals surface area contributed by atoms with Crippen LogP contribution in [0.3, 0.4) is 0 Å². The Morgan fingerprint density at radius 1 is 1.67 bits per heavy atom. The van der Waals surface area contributed by atoms with Gasteiger partial charge in [0.15, 0.2) is 0 Å². The highest BCUT2D eigenvalue weighted by Gasteiger charge is 2.09. The second-order valence-corrected chi connectivity index (χ2v) is 4.74. The lowest BCUT2D eigenvalue weighted by atomic mass is 10.4. The van der Waals surface area contributed by atoms with E-state index in [1.807, 2.05) is 24.0 Å². The van der Waals surface area contributed by atoms with Crippen LogP contribution < -0.4 is 0 Å². The Kier molecular flexibility index (Phi) is 4.52.